The molecule has 17 heteroatoms. The molecule has 2 unspecified atom stereocenters. The number of aliphatic hydroxyl groups is 1. The summed E-state index contributed by atoms with van der Waals surface area (Å²) in [6, 6.07) is 35.6. The summed E-state index contributed by atoms with van der Waals surface area (Å²) >= 11 is 2.11. The summed E-state index contributed by atoms with van der Waals surface area (Å²) < 4.78 is 41.9. The maximum atomic E-state index is 8.58. The minimum Gasteiger partial charge on any atom is -0.495 e. The van der Waals surface area contributed by atoms with Gasteiger partial charge >= 0.3 is 0 Å². The third kappa shape index (κ3) is 23.6. The summed E-state index contributed by atoms with van der Waals surface area (Å²) in [5, 5.41) is 12.1. The number of methoxy groups -OCH3 is 1. The molecule has 66 heavy (non-hydrogen) atoms. The fraction of sp³-hybridized carbons (Fsp3) is 0.388. The highest BCUT2D eigenvalue weighted by Crippen LogP contribution is 2.31. The number of hydrogen-bond acceptors (Lipinski definition) is 17. The molecule has 0 fully saturated rings. The van der Waals surface area contributed by atoms with Crippen molar-refractivity contribution in [1.82, 2.24) is 5.32 Å². The molecule has 0 amide bonds. The molecule has 2 atom stereocenters. The van der Waals surface area contributed by atoms with E-state index in [1.807, 2.05) is 133 Å². The van der Waals surface area contributed by atoms with Crippen molar-refractivity contribution < 1.29 is 52.2 Å². The van der Waals surface area contributed by atoms with E-state index in [0.29, 0.717) is 44.0 Å². The number of aliphatic hydroxyl groups excluding tert-OH is 1. The van der Waals surface area contributed by atoms with Gasteiger partial charge in [0.2, 0.25) is 0 Å². The van der Waals surface area contributed by atoms with E-state index in [-0.39, 0.29) is 12.6 Å². The van der Waals surface area contributed by atoms with Crippen molar-refractivity contribution in [2.45, 2.75) is 83.2 Å². The Kier molecular flexibility index (Phi) is 30.8. The van der Waals surface area contributed by atoms with E-state index in [0.717, 1.165) is 94.0 Å². The lowest BCUT2D eigenvalue weighted by atomic mass is 10.1. The van der Waals surface area contributed by atoms with E-state index in [2.05, 4.69) is 44.8 Å². The van der Waals surface area contributed by atoms with Crippen LogP contribution in [-0.4, -0.2) is 70.5 Å². The molecule has 0 aromatic heterocycles. The van der Waals surface area contributed by atoms with Crippen LogP contribution < -0.4 is 51.3 Å². The monoisotopic (exact) mass is 954 g/mol. The lowest BCUT2D eigenvalue weighted by Crippen LogP contribution is -2.31. The highest BCUT2D eigenvalue weighted by molar-refractivity contribution is 7.94. The van der Waals surface area contributed by atoms with E-state index in [9.17, 15) is 0 Å². The Morgan fingerprint density at radius 3 is 1.55 bits per heavy atom. The zero-order valence-electron chi connectivity index (χ0n) is 39.5. The number of hydrogen-bond donors (Lipinski definition) is 5. The van der Waals surface area contributed by atoms with Gasteiger partial charge in [-0.15, -0.1) is 18.6 Å². The zero-order chi connectivity index (χ0) is 48.4. The second kappa shape index (κ2) is 35.4. The van der Waals surface area contributed by atoms with Crippen molar-refractivity contribution in [3.8, 4) is 34.5 Å². The Hall–Kier alpha value is -4.76. The third-order valence-corrected chi connectivity index (χ3v) is 10.2. The Labute approximate surface area is 400 Å². The molecule has 0 aliphatic rings. The molecular formula is C49H70N4O11S2. The quantitative estimate of drug-likeness (QED) is 0.0160. The van der Waals surface area contributed by atoms with E-state index < -0.39 is 0 Å². The van der Waals surface area contributed by atoms with Crippen LogP contribution in [0.5, 0.6) is 34.5 Å². The second-order valence-corrected chi connectivity index (χ2v) is 15.7. The molecule has 5 aromatic rings. The first-order valence-corrected chi connectivity index (χ1v) is 23.2. The summed E-state index contributed by atoms with van der Waals surface area (Å²) in [5.74, 6) is 14.3. The van der Waals surface area contributed by atoms with Crippen LogP contribution in [0, 0.1) is 13.8 Å². The van der Waals surface area contributed by atoms with Gasteiger partial charge in [0.25, 0.3) is 0 Å². The predicted octanol–water partition coefficient (Wildman–Crippen LogP) is 9.09. The van der Waals surface area contributed by atoms with Gasteiger partial charge in [0.15, 0.2) is 23.0 Å². The van der Waals surface area contributed by atoms with E-state index in [1.54, 1.807) is 7.11 Å². The van der Waals surface area contributed by atoms with Gasteiger partial charge in [0, 0.05) is 23.5 Å². The number of para-hydroxylation sites is 5. The number of rotatable bonds is 25. The number of nitrogens with two attached hydrogens (primary N) is 3. The first-order chi connectivity index (χ1) is 32.0. The van der Waals surface area contributed by atoms with Gasteiger partial charge in [-0.1, -0.05) is 60.7 Å². The van der Waals surface area contributed by atoms with E-state index in [4.69, 9.17) is 55.4 Å². The molecule has 0 saturated carbocycles. The first kappa shape index (κ1) is 57.4. The number of benzene rings is 5. The predicted molar refractivity (Wildman–Crippen MR) is 263 cm³/mol. The molecule has 0 spiro atoms. The average molecular weight is 955 g/mol. The minimum atomic E-state index is 0.0143. The summed E-state index contributed by atoms with van der Waals surface area (Å²) in [7, 11) is 1.59. The van der Waals surface area contributed by atoms with Gasteiger partial charge in [-0.25, -0.2) is 0 Å². The maximum Gasteiger partial charge on any atom is 0.161 e. The molecule has 0 radical (unpaired) electrons. The number of nitrogens with one attached hydrogen (secondary N) is 1. The molecule has 364 valence electrons. The van der Waals surface area contributed by atoms with Crippen LogP contribution in [-0.2, 0) is 31.5 Å². The maximum absolute atomic E-state index is 8.58. The first-order valence-electron chi connectivity index (χ1n) is 21.7. The van der Waals surface area contributed by atoms with Crippen molar-refractivity contribution >= 4 is 24.1 Å². The largest absolute Gasteiger partial charge is 0.495 e. The van der Waals surface area contributed by atoms with Crippen LogP contribution in [0.4, 0.5) is 0 Å². The SMILES string of the molecule is CCOc1ccccc1C.CCOc1ccccc1OCCNC(C)Cc1ccc(C)c(SOON)c1.CCOc1ccccc1OCCO.COc1ccc(CC(C)N)cc1SOON. The van der Waals surface area contributed by atoms with Crippen molar-refractivity contribution in [1.29, 1.82) is 0 Å². The molecule has 0 aliphatic carbocycles. The number of aryl methyl sites for hydroxylation is 2. The van der Waals surface area contributed by atoms with Crippen molar-refractivity contribution in [2.75, 3.05) is 53.3 Å². The molecule has 5 rings (SSSR count). The van der Waals surface area contributed by atoms with Crippen LogP contribution >= 0.6 is 24.1 Å². The fourth-order valence-electron chi connectivity index (χ4n) is 5.87. The lowest BCUT2D eigenvalue weighted by molar-refractivity contribution is -0.195. The molecule has 15 nitrogen and oxygen atoms in total. The standard InChI is InChI=1S/C20H28N2O4S.C10H16N2O3S.C10H14O3.C9H12O/c1-4-23-18-7-5-6-8-19(18)24-12-11-22-16(3)13-17-10-9-15(2)20(14-17)27-26-25-21;1-7(11)5-8-3-4-9(13-2)10(6-8)16-15-14-12;1-2-12-9-5-3-4-6-10(9)13-8-7-11;1-3-10-9-7-5-4-6-8(9)2/h5-10,14,16,22H,4,11-13,21H2,1-3H3;3-4,6-7H,5,11-12H2,1-2H3;3-6,11H,2,7-8H2,1H3;4-7H,3H2,1-2H3. The molecule has 5 aromatic carbocycles. The van der Waals surface area contributed by atoms with E-state index in [1.165, 1.54) is 11.1 Å². The highest BCUT2D eigenvalue weighted by atomic mass is 32.2. The summed E-state index contributed by atoms with van der Waals surface area (Å²) in [4.78, 5) is 10.0. The van der Waals surface area contributed by atoms with Crippen LogP contribution in [0.3, 0.4) is 0 Å². The van der Waals surface area contributed by atoms with Gasteiger partial charge in [0.1, 0.15) is 24.7 Å². The van der Waals surface area contributed by atoms with Gasteiger partial charge in [-0.2, -0.15) is 11.8 Å². The van der Waals surface area contributed by atoms with Crippen molar-refractivity contribution in [3.05, 3.63) is 131 Å². The topological polar surface area (TPSA) is 203 Å². The molecule has 0 aliphatic heterocycles. The second-order valence-electron chi connectivity index (χ2n) is 14.2. The average Bonchev–Trinajstić information content (AvgIpc) is 3.31. The lowest BCUT2D eigenvalue weighted by Gasteiger charge is -2.16. The summed E-state index contributed by atoms with van der Waals surface area (Å²) in [6.45, 7) is 17.7. The molecule has 0 saturated heterocycles. The van der Waals surface area contributed by atoms with Crippen molar-refractivity contribution in [3.63, 3.8) is 0 Å². The summed E-state index contributed by atoms with van der Waals surface area (Å²) in [6.07, 6.45) is 1.69. The molecule has 0 bridgehead atoms. The highest BCUT2D eigenvalue weighted by Gasteiger charge is 2.10. The Balaban J connectivity index is 0.000000326. The zero-order valence-corrected chi connectivity index (χ0v) is 41.1. The van der Waals surface area contributed by atoms with Gasteiger partial charge in [-0.05, 0) is 132 Å². The van der Waals surface area contributed by atoms with Gasteiger partial charge < -0.3 is 44.6 Å². The smallest absolute Gasteiger partial charge is 0.161 e. The Morgan fingerprint density at radius 1 is 0.561 bits per heavy atom. The van der Waals surface area contributed by atoms with Crippen molar-refractivity contribution in [2.24, 2.45) is 17.5 Å². The molecular weight excluding hydrogens is 885 g/mol. The number of ether oxygens (including phenoxy) is 6. The Bertz CT molecular complexity index is 2030. The van der Waals surface area contributed by atoms with Gasteiger partial charge in [0.05, 0.1) is 62.5 Å². The fourth-order valence-corrected chi connectivity index (χ4v) is 6.93. The Morgan fingerprint density at radius 2 is 1.03 bits per heavy atom. The van der Waals surface area contributed by atoms with Crippen LogP contribution in [0.25, 0.3) is 0 Å². The normalized spacial score (nSPS) is 11.3. The van der Waals surface area contributed by atoms with Gasteiger partial charge in [-0.3, -0.25) is 0 Å². The van der Waals surface area contributed by atoms with Crippen LogP contribution in [0.15, 0.2) is 119 Å². The molecule has 8 N–H and O–H groups in total. The van der Waals surface area contributed by atoms with E-state index >= 15 is 0 Å². The molecule has 0 heterocycles. The minimum absolute atomic E-state index is 0.0143. The van der Waals surface area contributed by atoms with Crippen LogP contribution in [0.2, 0.25) is 0 Å². The third-order valence-electron chi connectivity index (χ3n) is 8.80. The summed E-state index contributed by atoms with van der Waals surface area (Å²) in [5.41, 5.74) is 10.4. The van der Waals surface area contributed by atoms with Crippen LogP contribution in [0.1, 0.15) is 56.9 Å².